The molecule has 0 radical (unpaired) electrons. The summed E-state index contributed by atoms with van der Waals surface area (Å²) in [7, 11) is -7.30. The van der Waals surface area contributed by atoms with E-state index >= 15 is 0 Å². The molecule has 0 atom stereocenters. The van der Waals surface area contributed by atoms with Gasteiger partial charge in [-0.15, -0.1) is 0 Å². The summed E-state index contributed by atoms with van der Waals surface area (Å²) in [6.45, 7) is 3.32. The highest BCUT2D eigenvalue weighted by molar-refractivity contribution is 7.93. The van der Waals surface area contributed by atoms with E-state index in [4.69, 9.17) is 0 Å². The Morgan fingerprint density at radius 1 is 1.00 bits per heavy atom. The normalized spacial score (nSPS) is 13.5. The molecule has 5 nitrogen and oxygen atoms in total. The highest BCUT2D eigenvalue weighted by Crippen LogP contribution is 2.29. The van der Waals surface area contributed by atoms with Gasteiger partial charge < -0.3 is 5.11 Å². The molecule has 0 unspecified atom stereocenters. The van der Waals surface area contributed by atoms with Gasteiger partial charge in [0.1, 0.15) is 0 Å². The zero-order valence-electron chi connectivity index (χ0n) is 11.3. The van der Waals surface area contributed by atoms with Crippen molar-refractivity contribution in [1.29, 1.82) is 0 Å². The molecule has 0 aliphatic rings. The number of sulfone groups is 2. The van der Waals surface area contributed by atoms with Crippen molar-refractivity contribution in [3.63, 3.8) is 0 Å². The lowest BCUT2D eigenvalue weighted by Crippen LogP contribution is -2.23. The lowest BCUT2D eigenvalue weighted by molar-refractivity contribution is 0.218. The van der Waals surface area contributed by atoms with E-state index in [1.54, 1.807) is 13.8 Å². The summed E-state index contributed by atoms with van der Waals surface area (Å²) in [5, 5.41) is 9.30. The van der Waals surface area contributed by atoms with Crippen LogP contribution in [0.3, 0.4) is 0 Å². The van der Waals surface area contributed by atoms with Crippen molar-refractivity contribution in [3.8, 4) is 0 Å². The highest BCUT2D eigenvalue weighted by atomic mass is 32.2. The molecule has 1 aromatic rings. The van der Waals surface area contributed by atoms with Crippen LogP contribution in [0.2, 0.25) is 0 Å². The van der Waals surface area contributed by atoms with E-state index in [1.807, 2.05) is 0 Å². The molecular formula is C12H18O5S2. The first-order valence-electron chi connectivity index (χ1n) is 5.55. The fourth-order valence-electron chi connectivity index (χ4n) is 1.62. The van der Waals surface area contributed by atoms with Gasteiger partial charge in [0.25, 0.3) is 0 Å². The van der Waals surface area contributed by atoms with Gasteiger partial charge in [0.2, 0.25) is 0 Å². The van der Waals surface area contributed by atoms with Crippen molar-refractivity contribution in [2.45, 2.75) is 29.1 Å². The van der Waals surface area contributed by atoms with Crippen LogP contribution < -0.4 is 0 Å². The zero-order chi connectivity index (χ0) is 15.1. The maximum absolute atomic E-state index is 11.7. The van der Waals surface area contributed by atoms with Crippen molar-refractivity contribution in [1.82, 2.24) is 0 Å². The third kappa shape index (κ3) is 3.55. The maximum atomic E-state index is 11.7. The molecule has 7 heteroatoms. The van der Waals surface area contributed by atoms with Crippen LogP contribution in [0.4, 0.5) is 0 Å². The van der Waals surface area contributed by atoms with E-state index in [9.17, 15) is 21.9 Å². The van der Waals surface area contributed by atoms with Gasteiger partial charge in [-0.2, -0.15) is 0 Å². The minimum absolute atomic E-state index is 0.172. The quantitative estimate of drug-likeness (QED) is 0.887. The Morgan fingerprint density at radius 2 is 1.47 bits per heavy atom. The minimum atomic E-state index is -3.67. The van der Waals surface area contributed by atoms with Crippen LogP contribution in [-0.4, -0.2) is 41.1 Å². The van der Waals surface area contributed by atoms with E-state index < -0.39 is 25.1 Å². The van der Waals surface area contributed by atoms with Crippen LogP contribution in [0.5, 0.6) is 0 Å². The van der Waals surface area contributed by atoms with Gasteiger partial charge in [-0.25, -0.2) is 16.8 Å². The molecule has 0 fully saturated rings. The summed E-state index contributed by atoms with van der Waals surface area (Å²) in [5.41, 5.74) is -0.0713. The predicted octanol–water partition coefficient (Wildman–Crippen LogP) is 0.764. The second-order valence-corrected chi connectivity index (χ2v) is 9.22. The molecule has 0 aromatic heterocycles. The van der Waals surface area contributed by atoms with Crippen LogP contribution in [0.1, 0.15) is 19.4 Å². The van der Waals surface area contributed by atoms with Gasteiger partial charge in [0.05, 0.1) is 16.4 Å². The highest BCUT2D eigenvalue weighted by Gasteiger charge is 2.26. The number of hydrogen-bond acceptors (Lipinski definition) is 5. The Morgan fingerprint density at radius 3 is 1.84 bits per heavy atom. The molecule has 0 bridgehead atoms. The first-order chi connectivity index (χ1) is 8.39. The molecule has 108 valence electrons. The Hall–Kier alpha value is -0.920. The molecule has 1 N–H and O–H groups in total. The monoisotopic (exact) mass is 306 g/mol. The van der Waals surface area contributed by atoms with Crippen molar-refractivity contribution < 1.29 is 21.9 Å². The molecule has 1 rings (SSSR count). The van der Waals surface area contributed by atoms with Gasteiger partial charge in [-0.1, -0.05) is 19.9 Å². The molecule has 0 amide bonds. The molecule has 0 aliphatic heterocycles. The predicted molar refractivity (Wildman–Crippen MR) is 72.8 cm³/mol. The molecule has 0 saturated carbocycles. The second kappa shape index (κ2) is 4.88. The smallest absolute Gasteiger partial charge is 0.176 e. The Labute approximate surface area is 114 Å². The van der Waals surface area contributed by atoms with E-state index in [0.717, 1.165) is 12.5 Å². The third-order valence-electron chi connectivity index (χ3n) is 2.92. The van der Waals surface area contributed by atoms with Crippen molar-refractivity contribution >= 4 is 19.7 Å². The van der Waals surface area contributed by atoms with E-state index in [1.165, 1.54) is 18.2 Å². The summed E-state index contributed by atoms with van der Waals surface area (Å²) in [6.07, 6.45) is 1.93. The molecule has 0 aliphatic carbocycles. The molecule has 0 spiro atoms. The fourth-order valence-corrected chi connectivity index (χ4v) is 4.04. The lowest BCUT2D eigenvalue weighted by Gasteiger charge is -2.23. The van der Waals surface area contributed by atoms with Crippen LogP contribution in [0, 0.1) is 0 Å². The van der Waals surface area contributed by atoms with Crippen LogP contribution >= 0.6 is 0 Å². The zero-order valence-corrected chi connectivity index (χ0v) is 13.0. The summed E-state index contributed by atoms with van der Waals surface area (Å²) in [6, 6.07) is 4.13. The summed E-state index contributed by atoms with van der Waals surface area (Å²) < 4.78 is 46.7. The standard InChI is InChI=1S/C12H18O5S2/c1-12(2,8-13)9-5-6-10(18(3,14)15)11(7-9)19(4,16)17/h5-7,13H,8H2,1-4H3. The minimum Gasteiger partial charge on any atom is -0.395 e. The van der Waals surface area contributed by atoms with Crippen LogP contribution in [0.15, 0.2) is 28.0 Å². The Balaban J connectivity index is 3.69. The van der Waals surface area contributed by atoms with Gasteiger partial charge >= 0.3 is 0 Å². The second-order valence-electron chi connectivity index (χ2n) is 5.25. The largest absolute Gasteiger partial charge is 0.395 e. The topological polar surface area (TPSA) is 88.5 Å². The first kappa shape index (κ1) is 16.1. The molecule has 0 saturated heterocycles. The first-order valence-corrected chi connectivity index (χ1v) is 9.33. The Kier molecular flexibility index (Phi) is 4.15. The Bertz CT molecular complexity index is 685. The number of benzene rings is 1. The third-order valence-corrected chi connectivity index (χ3v) is 5.34. The van der Waals surface area contributed by atoms with Gasteiger partial charge in [-0.05, 0) is 17.7 Å². The SMILES string of the molecule is CC(C)(CO)c1ccc(S(C)(=O)=O)c(S(C)(=O)=O)c1. The van der Waals surface area contributed by atoms with Gasteiger partial charge in [0.15, 0.2) is 19.7 Å². The molecule has 19 heavy (non-hydrogen) atoms. The fraction of sp³-hybridized carbons (Fsp3) is 0.500. The van der Waals surface area contributed by atoms with E-state index in [0.29, 0.717) is 5.56 Å². The molecular weight excluding hydrogens is 288 g/mol. The average molecular weight is 306 g/mol. The number of rotatable bonds is 4. The molecule has 1 aromatic carbocycles. The van der Waals surface area contributed by atoms with E-state index in [-0.39, 0.29) is 16.4 Å². The van der Waals surface area contributed by atoms with Crippen molar-refractivity contribution in [3.05, 3.63) is 23.8 Å². The van der Waals surface area contributed by atoms with Gasteiger partial charge in [0, 0.05) is 17.9 Å². The van der Waals surface area contributed by atoms with Crippen LogP contribution in [-0.2, 0) is 25.1 Å². The van der Waals surface area contributed by atoms with Gasteiger partial charge in [-0.3, -0.25) is 0 Å². The van der Waals surface area contributed by atoms with Crippen molar-refractivity contribution in [2.75, 3.05) is 19.1 Å². The van der Waals surface area contributed by atoms with Crippen LogP contribution in [0.25, 0.3) is 0 Å². The summed E-state index contributed by atoms with van der Waals surface area (Å²) in [5.74, 6) is 0. The lowest BCUT2D eigenvalue weighted by atomic mass is 9.86. The number of hydrogen-bond donors (Lipinski definition) is 1. The summed E-state index contributed by atoms with van der Waals surface area (Å²) >= 11 is 0. The average Bonchev–Trinajstić information content (AvgIpc) is 2.26. The summed E-state index contributed by atoms with van der Waals surface area (Å²) in [4.78, 5) is -0.443. The molecule has 0 heterocycles. The maximum Gasteiger partial charge on any atom is 0.176 e. The number of aliphatic hydroxyl groups excluding tert-OH is 1. The van der Waals surface area contributed by atoms with E-state index in [2.05, 4.69) is 0 Å². The van der Waals surface area contributed by atoms with Crippen molar-refractivity contribution in [2.24, 2.45) is 0 Å². The number of aliphatic hydroxyl groups is 1.